The van der Waals surface area contributed by atoms with Crippen LogP contribution >= 0.6 is 0 Å². The van der Waals surface area contributed by atoms with Gasteiger partial charge in [-0.15, -0.1) is 0 Å². The van der Waals surface area contributed by atoms with E-state index < -0.39 is 0 Å². The Kier molecular flexibility index (Phi) is 3.97. The highest BCUT2D eigenvalue weighted by molar-refractivity contribution is 5.88. The number of rotatable bonds is 0. The first-order valence-corrected chi connectivity index (χ1v) is 8.39. The van der Waals surface area contributed by atoms with Crippen molar-refractivity contribution in [2.24, 2.45) is 0 Å². The van der Waals surface area contributed by atoms with Crippen molar-refractivity contribution in [2.75, 3.05) is 0 Å². The molecular weight excluding hydrogens is 264 g/mol. The lowest BCUT2D eigenvalue weighted by molar-refractivity contribution is 0.572. The number of hydrogen-bond donors (Lipinski definition) is 0. The quantitative estimate of drug-likeness (QED) is 0.505. The predicted octanol–water partition coefficient (Wildman–Crippen LogP) is 6.73. The van der Waals surface area contributed by atoms with Gasteiger partial charge < -0.3 is 0 Å². The van der Waals surface area contributed by atoms with E-state index in [0.29, 0.717) is 0 Å². The van der Waals surface area contributed by atoms with Crippen molar-refractivity contribution in [3.63, 3.8) is 0 Å². The average molecular weight is 296 g/mol. The molecule has 0 bridgehead atoms. The minimum absolute atomic E-state index is 0.156. The molecule has 0 nitrogen and oxygen atoms in total. The van der Waals surface area contributed by atoms with Crippen molar-refractivity contribution in [2.45, 2.75) is 78.6 Å². The van der Waals surface area contributed by atoms with Crippen LogP contribution < -0.4 is 0 Å². The smallest absolute Gasteiger partial charge is 0.0126 e. The van der Waals surface area contributed by atoms with Crippen molar-refractivity contribution in [3.8, 4) is 0 Å². The van der Waals surface area contributed by atoms with Gasteiger partial charge in [-0.1, -0.05) is 92.6 Å². The molecule has 120 valence electrons. The van der Waals surface area contributed by atoms with Gasteiger partial charge in [0, 0.05) is 0 Å². The molecule has 0 amide bonds. The zero-order chi connectivity index (χ0) is 16.9. The van der Waals surface area contributed by atoms with Crippen molar-refractivity contribution in [1.82, 2.24) is 0 Å². The summed E-state index contributed by atoms with van der Waals surface area (Å²) in [7, 11) is 0. The third-order valence-electron chi connectivity index (χ3n) is 4.49. The standard InChI is InChI=1S/C22H32/c1-20(2,3)16-10-11-18-15(12-16)13-17(21(4,5)6)14-19(18)22(7,8)9/h10-14H,1-9H3. The Labute approximate surface area is 136 Å². The minimum atomic E-state index is 0.156. The van der Waals surface area contributed by atoms with E-state index in [2.05, 4.69) is 92.6 Å². The SMILES string of the molecule is CC(C)(C)c1ccc2c(C(C)(C)C)cc(C(C)(C)C)cc2c1. The molecule has 2 aromatic carbocycles. The molecule has 0 heterocycles. The van der Waals surface area contributed by atoms with E-state index in [4.69, 9.17) is 0 Å². The largest absolute Gasteiger partial charge is 0.0579 e. The van der Waals surface area contributed by atoms with Gasteiger partial charge in [0.15, 0.2) is 0 Å². The van der Waals surface area contributed by atoms with Crippen LogP contribution in [0.4, 0.5) is 0 Å². The molecule has 0 N–H and O–H groups in total. The lowest BCUT2D eigenvalue weighted by Crippen LogP contribution is -2.17. The van der Waals surface area contributed by atoms with E-state index in [1.54, 1.807) is 0 Å². The summed E-state index contributed by atoms with van der Waals surface area (Å²) in [5.74, 6) is 0. The average Bonchev–Trinajstić information content (AvgIpc) is 2.33. The number of fused-ring (bicyclic) bond motifs is 1. The molecule has 0 heteroatoms. The fraction of sp³-hybridized carbons (Fsp3) is 0.545. The van der Waals surface area contributed by atoms with Crippen molar-refractivity contribution in [3.05, 3.63) is 47.0 Å². The Balaban J connectivity index is 2.83. The molecule has 0 spiro atoms. The second-order valence-electron chi connectivity index (χ2n) is 9.71. The van der Waals surface area contributed by atoms with E-state index in [9.17, 15) is 0 Å². The lowest BCUT2D eigenvalue weighted by atomic mass is 9.77. The van der Waals surface area contributed by atoms with Gasteiger partial charge in [-0.3, -0.25) is 0 Å². The first kappa shape index (κ1) is 17.1. The monoisotopic (exact) mass is 296 g/mol. The van der Waals surface area contributed by atoms with Gasteiger partial charge in [-0.05, 0) is 43.7 Å². The van der Waals surface area contributed by atoms with E-state index in [1.807, 2.05) is 0 Å². The Bertz CT molecular complexity index is 678. The van der Waals surface area contributed by atoms with Crippen molar-refractivity contribution < 1.29 is 0 Å². The van der Waals surface area contributed by atoms with Crippen LogP contribution in [0.2, 0.25) is 0 Å². The first-order chi connectivity index (χ1) is 9.80. The van der Waals surface area contributed by atoms with Crippen LogP contribution in [0.5, 0.6) is 0 Å². The molecular formula is C22H32. The van der Waals surface area contributed by atoms with E-state index in [-0.39, 0.29) is 16.2 Å². The maximum Gasteiger partial charge on any atom is -0.0126 e. The molecule has 0 saturated carbocycles. The predicted molar refractivity (Wildman–Crippen MR) is 100 cm³/mol. The summed E-state index contributed by atoms with van der Waals surface area (Å²) in [4.78, 5) is 0. The lowest BCUT2D eigenvalue weighted by Gasteiger charge is -2.28. The Morgan fingerprint density at radius 1 is 0.545 bits per heavy atom. The van der Waals surface area contributed by atoms with Gasteiger partial charge in [0.2, 0.25) is 0 Å². The number of hydrogen-bond acceptors (Lipinski definition) is 0. The molecule has 0 aliphatic heterocycles. The van der Waals surface area contributed by atoms with E-state index >= 15 is 0 Å². The van der Waals surface area contributed by atoms with Gasteiger partial charge >= 0.3 is 0 Å². The highest BCUT2D eigenvalue weighted by Gasteiger charge is 2.23. The fourth-order valence-corrected chi connectivity index (χ4v) is 2.89. The Morgan fingerprint density at radius 3 is 1.50 bits per heavy atom. The minimum Gasteiger partial charge on any atom is -0.0579 e. The fourth-order valence-electron chi connectivity index (χ4n) is 2.89. The molecule has 0 aliphatic rings. The molecule has 0 fully saturated rings. The van der Waals surface area contributed by atoms with Crippen LogP contribution in [0.25, 0.3) is 10.8 Å². The van der Waals surface area contributed by atoms with Crippen LogP contribution in [0.1, 0.15) is 79.0 Å². The topological polar surface area (TPSA) is 0 Å². The maximum atomic E-state index is 2.42. The molecule has 0 radical (unpaired) electrons. The third kappa shape index (κ3) is 3.37. The summed E-state index contributed by atoms with van der Waals surface area (Å²) in [5, 5.41) is 2.78. The molecule has 0 unspecified atom stereocenters. The number of benzene rings is 2. The van der Waals surface area contributed by atoms with E-state index in [1.165, 1.54) is 27.5 Å². The first-order valence-electron chi connectivity index (χ1n) is 8.39. The highest BCUT2D eigenvalue weighted by atomic mass is 14.3. The molecule has 2 aromatic rings. The summed E-state index contributed by atoms with van der Waals surface area (Å²) in [5.41, 5.74) is 4.81. The third-order valence-corrected chi connectivity index (χ3v) is 4.49. The zero-order valence-corrected chi connectivity index (χ0v) is 15.9. The molecule has 22 heavy (non-hydrogen) atoms. The van der Waals surface area contributed by atoms with Gasteiger partial charge in [0.05, 0.1) is 0 Å². The summed E-state index contributed by atoms with van der Waals surface area (Å²) in [6.07, 6.45) is 0. The zero-order valence-electron chi connectivity index (χ0n) is 15.9. The normalized spacial score (nSPS) is 13.7. The second kappa shape index (κ2) is 5.11. The van der Waals surface area contributed by atoms with Crippen LogP contribution in [-0.2, 0) is 16.2 Å². The van der Waals surface area contributed by atoms with Gasteiger partial charge in [0.25, 0.3) is 0 Å². The highest BCUT2D eigenvalue weighted by Crippen LogP contribution is 2.36. The molecule has 0 atom stereocenters. The van der Waals surface area contributed by atoms with Gasteiger partial charge in [-0.2, -0.15) is 0 Å². The van der Waals surface area contributed by atoms with Crippen LogP contribution in [0.15, 0.2) is 30.3 Å². The van der Waals surface area contributed by atoms with Crippen LogP contribution in [0.3, 0.4) is 0 Å². The van der Waals surface area contributed by atoms with Crippen molar-refractivity contribution in [1.29, 1.82) is 0 Å². The molecule has 0 aliphatic carbocycles. The molecule has 2 rings (SSSR count). The van der Waals surface area contributed by atoms with E-state index in [0.717, 1.165) is 0 Å². The summed E-state index contributed by atoms with van der Waals surface area (Å²) in [6.45, 7) is 20.7. The molecule has 0 aromatic heterocycles. The van der Waals surface area contributed by atoms with Crippen LogP contribution in [0, 0.1) is 0 Å². The Hall–Kier alpha value is -1.30. The van der Waals surface area contributed by atoms with Gasteiger partial charge in [0.1, 0.15) is 0 Å². The summed E-state index contributed by atoms with van der Waals surface area (Å²) < 4.78 is 0. The maximum absolute atomic E-state index is 2.42. The Morgan fingerprint density at radius 2 is 1.05 bits per heavy atom. The van der Waals surface area contributed by atoms with Crippen molar-refractivity contribution >= 4 is 10.8 Å². The van der Waals surface area contributed by atoms with Gasteiger partial charge in [-0.25, -0.2) is 0 Å². The van der Waals surface area contributed by atoms with Crippen LogP contribution in [-0.4, -0.2) is 0 Å². The summed E-state index contributed by atoms with van der Waals surface area (Å²) in [6, 6.07) is 11.8. The summed E-state index contributed by atoms with van der Waals surface area (Å²) >= 11 is 0. The molecule has 0 saturated heterocycles. The second-order valence-corrected chi connectivity index (χ2v) is 9.71.